The first-order chi connectivity index (χ1) is 9.62. The normalized spacial score (nSPS) is 14.8. The molecule has 21 heavy (non-hydrogen) atoms. The number of hydrogen-bond donors (Lipinski definition) is 1. The number of nitrogens with two attached hydrogens (primary N) is 1. The minimum absolute atomic E-state index is 0.208. The van der Waals surface area contributed by atoms with Crippen LogP contribution < -0.4 is 5.73 Å². The van der Waals surface area contributed by atoms with Gasteiger partial charge in [0, 0.05) is 0 Å². The summed E-state index contributed by atoms with van der Waals surface area (Å²) in [6.45, 7) is 3.50. The van der Waals surface area contributed by atoms with Crippen LogP contribution in [0, 0.1) is 12.7 Å². The summed E-state index contributed by atoms with van der Waals surface area (Å²) in [4.78, 5) is 0. The molecule has 0 aromatic heterocycles. The summed E-state index contributed by atoms with van der Waals surface area (Å²) in [5.74, 6) is -1.30. The number of benzene rings is 2. The molecule has 2 N–H and O–H groups in total. The highest BCUT2D eigenvalue weighted by Gasteiger charge is 2.36. The third-order valence-corrected chi connectivity index (χ3v) is 3.52. The zero-order chi connectivity index (χ0) is 15.8. The van der Waals surface area contributed by atoms with Crippen LogP contribution in [0.3, 0.4) is 0 Å². The molecule has 2 aromatic carbocycles. The average molecular weight is 297 g/mol. The molecule has 0 aliphatic carbocycles. The van der Waals surface area contributed by atoms with Crippen LogP contribution >= 0.6 is 0 Å². The molecule has 0 saturated heterocycles. The topological polar surface area (TPSA) is 26.0 Å². The van der Waals surface area contributed by atoms with Gasteiger partial charge in [-0.1, -0.05) is 35.9 Å². The van der Waals surface area contributed by atoms with E-state index < -0.39 is 23.1 Å². The van der Waals surface area contributed by atoms with Crippen LogP contribution in [0.5, 0.6) is 0 Å². The first-order valence-corrected chi connectivity index (χ1v) is 6.35. The lowest BCUT2D eigenvalue weighted by atomic mass is 9.84. The molecule has 2 rings (SSSR count). The van der Waals surface area contributed by atoms with Crippen LogP contribution in [-0.2, 0) is 11.7 Å². The number of halogens is 4. The van der Waals surface area contributed by atoms with Crippen LogP contribution in [0.4, 0.5) is 17.6 Å². The van der Waals surface area contributed by atoms with Gasteiger partial charge in [0.15, 0.2) is 0 Å². The van der Waals surface area contributed by atoms with Crippen molar-refractivity contribution in [3.05, 3.63) is 70.5 Å². The standard InChI is InChI=1S/C16H15F4N/c1-10-3-5-11(6-4-10)15(2,21)12-7-8-14(17)13(9-12)16(18,19)20/h3-9H,21H2,1-2H3. The number of rotatable bonds is 2. The Kier molecular flexibility index (Phi) is 3.80. The number of alkyl halides is 3. The summed E-state index contributed by atoms with van der Waals surface area (Å²) < 4.78 is 51.7. The molecular weight excluding hydrogens is 282 g/mol. The molecule has 0 spiro atoms. The Morgan fingerprint density at radius 1 is 0.905 bits per heavy atom. The van der Waals surface area contributed by atoms with E-state index >= 15 is 0 Å². The third-order valence-electron chi connectivity index (χ3n) is 3.52. The second kappa shape index (κ2) is 5.15. The van der Waals surface area contributed by atoms with Gasteiger partial charge in [0.05, 0.1) is 11.1 Å². The lowest BCUT2D eigenvalue weighted by Crippen LogP contribution is -2.34. The van der Waals surface area contributed by atoms with E-state index in [2.05, 4.69) is 0 Å². The predicted molar refractivity (Wildman–Crippen MR) is 73.2 cm³/mol. The van der Waals surface area contributed by atoms with E-state index in [4.69, 9.17) is 5.73 Å². The minimum Gasteiger partial charge on any atom is -0.318 e. The third kappa shape index (κ3) is 3.08. The highest BCUT2D eigenvalue weighted by Crippen LogP contribution is 2.35. The second-order valence-corrected chi connectivity index (χ2v) is 5.26. The molecular formula is C16H15F4N. The van der Waals surface area contributed by atoms with Gasteiger partial charge in [-0.2, -0.15) is 13.2 Å². The van der Waals surface area contributed by atoms with E-state index in [1.165, 1.54) is 6.07 Å². The van der Waals surface area contributed by atoms with Crippen molar-refractivity contribution in [2.45, 2.75) is 25.6 Å². The Morgan fingerprint density at radius 3 is 1.95 bits per heavy atom. The monoisotopic (exact) mass is 297 g/mol. The van der Waals surface area contributed by atoms with Crippen molar-refractivity contribution >= 4 is 0 Å². The van der Waals surface area contributed by atoms with E-state index in [9.17, 15) is 17.6 Å². The Morgan fingerprint density at radius 2 is 1.43 bits per heavy atom. The molecule has 2 aromatic rings. The molecule has 0 saturated carbocycles. The quantitative estimate of drug-likeness (QED) is 0.818. The molecule has 0 fully saturated rings. The van der Waals surface area contributed by atoms with Crippen LogP contribution in [0.25, 0.3) is 0 Å². The summed E-state index contributed by atoms with van der Waals surface area (Å²) >= 11 is 0. The second-order valence-electron chi connectivity index (χ2n) is 5.26. The molecule has 1 unspecified atom stereocenters. The van der Waals surface area contributed by atoms with Crippen LogP contribution in [0.1, 0.15) is 29.2 Å². The van der Waals surface area contributed by atoms with E-state index in [0.717, 1.165) is 17.7 Å². The summed E-state index contributed by atoms with van der Waals surface area (Å²) in [6.07, 6.45) is -4.75. The van der Waals surface area contributed by atoms with Gasteiger partial charge in [-0.3, -0.25) is 0 Å². The van der Waals surface area contributed by atoms with Gasteiger partial charge in [-0.25, -0.2) is 4.39 Å². The van der Waals surface area contributed by atoms with Gasteiger partial charge in [-0.15, -0.1) is 0 Å². The smallest absolute Gasteiger partial charge is 0.318 e. The molecule has 5 heteroatoms. The van der Waals surface area contributed by atoms with Crippen molar-refractivity contribution in [1.29, 1.82) is 0 Å². The van der Waals surface area contributed by atoms with Crippen molar-refractivity contribution in [3.63, 3.8) is 0 Å². The molecule has 0 bridgehead atoms. The van der Waals surface area contributed by atoms with Crippen molar-refractivity contribution in [3.8, 4) is 0 Å². The maximum Gasteiger partial charge on any atom is 0.419 e. The maximum atomic E-state index is 13.3. The summed E-state index contributed by atoms with van der Waals surface area (Å²) in [5.41, 5.74) is 5.63. The highest BCUT2D eigenvalue weighted by molar-refractivity contribution is 5.40. The van der Waals surface area contributed by atoms with Gasteiger partial charge in [-0.05, 0) is 37.1 Å². The molecule has 0 heterocycles. The SMILES string of the molecule is Cc1ccc(C(C)(N)c2ccc(F)c(C(F)(F)F)c2)cc1. The minimum atomic E-state index is -4.75. The number of hydrogen-bond acceptors (Lipinski definition) is 1. The number of aryl methyl sites for hydroxylation is 1. The lowest BCUT2D eigenvalue weighted by molar-refractivity contribution is -0.140. The fourth-order valence-corrected chi connectivity index (χ4v) is 2.13. The van der Waals surface area contributed by atoms with Gasteiger partial charge < -0.3 is 5.73 Å². The van der Waals surface area contributed by atoms with Crippen LogP contribution in [-0.4, -0.2) is 0 Å². The Hall–Kier alpha value is -1.88. The van der Waals surface area contributed by atoms with Gasteiger partial charge >= 0.3 is 6.18 Å². The van der Waals surface area contributed by atoms with Crippen molar-refractivity contribution < 1.29 is 17.6 Å². The molecule has 112 valence electrons. The fourth-order valence-electron chi connectivity index (χ4n) is 2.13. The summed E-state index contributed by atoms with van der Waals surface area (Å²) in [5, 5.41) is 0. The van der Waals surface area contributed by atoms with E-state index in [-0.39, 0.29) is 5.56 Å². The van der Waals surface area contributed by atoms with Crippen molar-refractivity contribution in [2.75, 3.05) is 0 Å². The lowest BCUT2D eigenvalue weighted by Gasteiger charge is -2.27. The van der Waals surface area contributed by atoms with Crippen LogP contribution in [0.2, 0.25) is 0 Å². The first kappa shape index (κ1) is 15.5. The van der Waals surface area contributed by atoms with Crippen LogP contribution in [0.15, 0.2) is 42.5 Å². The zero-order valence-corrected chi connectivity index (χ0v) is 11.6. The van der Waals surface area contributed by atoms with Gasteiger partial charge in [0.25, 0.3) is 0 Å². The van der Waals surface area contributed by atoms with Gasteiger partial charge in [0.1, 0.15) is 5.82 Å². The maximum absolute atomic E-state index is 13.3. The van der Waals surface area contributed by atoms with Crippen molar-refractivity contribution in [2.24, 2.45) is 5.73 Å². The van der Waals surface area contributed by atoms with Crippen molar-refractivity contribution in [1.82, 2.24) is 0 Å². The molecule has 0 aliphatic heterocycles. The molecule has 0 amide bonds. The summed E-state index contributed by atoms with van der Waals surface area (Å²) in [6, 6.07) is 10.0. The van der Waals surface area contributed by atoms with Gasteiger partial charge in [0.2, 0.25) is 0 Å². The highest BCUT2D eigenvalue weighted by atomic mass is 19.4. The molecule has 0 radical (unpaired) electrons. The summed E-state index contributed by atoms with van der Waals surface area (Å²) in [7, 11) is 0. The zero-order valence-electron chi connectivity index (χ0n) is 11.6. The Bertz CT molecular complexity index is 642. The Balaban J connectivity index is 2.52. The largest absolute Gasteiger partial charge is 0.419 e. The molecule has 1 nitrogen and oxygen atoms in total. The van der Waals surface area contributed by atoms with E-state index in [1.54, 1.807) is 19.1 Å². The fraction of sp³-hybridized carbons (Fsp3) is 0.250. The predicted octanol–water partition coefficient (Wildman–Crippen LogP) is 4.38. The van der Waals surface area contributed by atoms with E-state index in [0.29, 0.717) is 5.56 Å². The first-order valence-electron chi connectivity index (χ1n) is 6.35. The Labute approximate surface area is 120 Å². The molecule has 1 atom stereocenters. The molecule has 0 aliphatic rings. The average Bonchev–Trinajstić information content (AvgIpc) is 2.38. The van der Waals surface area contributed by atoms with E-state index in [1.807, 2.05) is 19.1 Å².